The molecule has 25 heavy (non-hydrogen) atoms. The second-order valence-corrected chi connectivity index (χ2v) is 8.16. The molecule has 2 fully saturated rings. The first-order valence-corrected chi connectivity index (χ1v) is 9.91. The van der Waals surface area contributed by atoms with Crippen molar-refractivity contribution in [1.82, 2.24) is 0 Å². The number of hydrogen-bond acceptors (Lipinski definition) is 1. The Bertz CT molecular complexity index is 593. The van der Waals surface area contributed by atoms with E-state index in [-0.39, 0.29) is 12.3 Å². The fourth-order valence-electron chi connectivity index (χ4n) is 5.15. The summed E-state index contributed by atoms with van der Waals surface area (Å²) < 4.78 is 29.7. The quantitative estimate of drug-likeness (QED) is 0.597. The van der Waals surface area contributed by atoms with Crippen LogP contribution in [0.1, 0.15) is 81.8 Å². The van der Waals surface area contributed by atoms with E-state index in [0.717, 1.165) is 25.2 Å². The van der Waals surface area contributed by atoms with Gasteiger partial charge in [-0.25, -0.2) is 8.78 Å². The van der Waals surface area contributed by atoms with Gasteiger partial charge in [-0.15, -0.1) is 0 Å². The van der Waals surface area contributed by atoms with Crippen molar-refractivity contribution in [2.45, 2.75) is 76.6 Å². The topological polar surface area (TPSA) is 23.8 Å². The summed E-state index contributed by atoms with van der Waals surface area (Å²) in [6, 6.07) is 8.80. The van der Waals surface area contributed by atoms with E-state index in [0.29, 0.717) is 23.5 Å². The summed E-state index contributed by atoms with van der Waals surface area (Å²) in [6.45, 7) is 2.23. The lowest BCUT2D eigenvalue weighted by molar-refractivity contribution is -0.0845. The third-order valence-corrected chi connectivity index (χ3v) is 6.57. The summed E-state index contributed by atoms with van der Waals surface area (Å²) in [4.78, 5) is 0. The summed E-state index contributed by atoms with van der Waals surface area (Å²) in [6.07, 6.45) is 8.83. The first-order valence-electron chi connectivity index (χ1n) is 9.91. The maximum absolute atomic E-state index is 14.9. The summed E-state index contributed by atoms with van der Waals surface area (Å²) in [7, 11) is 0. The lowest BCUT2D eigenvalue weighted by atomic mass is 9.66. The SMILES string of the molecule is CCCC1CCC([C@H]2CC[C@H](c3ccc(C#N)cc3)C(F)(F)C2)CC1. The van der Waals surface area contributed by atoms with Crippen LogP contribution in [-0.2, 0) is 0 Å². The molecule has 0 amide bonds. The molecule has 1 aromatic rings. The molecule has 0 heterocycles. The van der Waals surface area contributed by atoms with Crippen LogP contribution in [0, 0.1) is 29.1 Å². The highest BCUT2D eigenvalue weighted by Gasteiger charge is 2.47. The molecule has 2 atom stereocenters. The predicted molar refractivity (Wildman–Crippen MR) is 96.5 cm³/mol. The van der Waals surface area contributed by atoms with Crippen LogP contribution in [0.2, 0.25) is 0 Å². The molecule has 1 aromatic carbocycles. The maximum Gasteiger partial charge on any atom is 0.255 e. The molecular formula is C22H29F2N. The average molecular weight is 345 g/mol. The van der Waals surface area contributed by atoms with Gasteiger partial charge in [-0.2, -0.15) is 5.26 Å². The number of halogens is 2. The Kier molecular flexibility index (Phi) is 5.77. The minimum Gasteiger partial charge on any atom is -0.206 e. The molecule has 1 nitrogen and oxygen atoms in total. The molecule has 0 bridgehead atoms. The third-order valence-electron chi connectivity index (χ3n) is 6.57. The Morgan fingerprint density at radius 1 is 1.00 bits per heavy atom. The molecule has 0 saturated heterocycles. The Morgan fingerprint density at radius 2 is 1.64 bits per heavy atom. The van der Waals surface area contributed by atoms with E-state index in [1.165, 1.54) is 25.7 Å². The molecule has 136 valence electrons. The van der Waals surface area contributed by atoms with Crippen LogP contribution in [0.5, 0.6) is 0 Å². The van der Waals surface area contributed by atoms with Crippen LogP contribution < -0.4 is 0 Å². The van der Waals surface area contributed by atoms with E-state index in [1.807, 2.05) is 0 Å². The fourth-order valence-corrected chi connectivity index (χ4v) is 5.15. The van der Waals surface area contributed by atoms with Crippen molar-refractivity contribution in [3.63, 3.8) is 0 Å². The highest BCUT2D eigenvalue weighted by molar-refractivity contribution is 5.34. The number of hydrogen-bond donors (Lipinski definition) is 0. The maximum atomic E-state index is 14.9. The molecule has 0 N–H and O–H groups in total. The lowest BCUT2D eigenvalue weighted by Crippen LogP contribution is -2.37. The second-order valence-electron chi connectivity index (χ2n) is 8.16. The molecular weight excluding hydrogens is 316 g/mol. The minimum absolute atomic E-state index is 0.0424. The van der Waals surface area contributed by atoms with Gasteiger partial charge in [0, 0.05) is 12.3 Å². The number of alkyl halides is 2. The molecule has 0 unspecified atom stereocenters. The normalized spacial score (nSPS) is 32.1. The van der Waals surface area contributed by atoms with Gasteiger partial charge in [0.1, 0.15) is 0 Å². The van der Waals surface area contributed by atoms with E-state index in [2.05, 4.69) is 13.0 Å². The Hall–Kier alpha value is -1.43. The summed E-state index contributed by atoms with van der Waals surface area (Å²) >= 11 is 0. The predicted octanol–water partition coefficient (Wildman–Crippen LogP) is 6.68. The van der Waals surface area contributed by atoms with Gasteiger partial charge in [-0.3, -0.25) is 0 Å². The van der Waals surface area contributed by atoms with Gasteiger partial charge in [-0.1, -0.05) is 44.7 Å². The van der Waals surface area contributed by atoms with Crippen molar-refractivity contribution in [3.8, 4) is 6.07 Å². The van der Waals surface area contributed by atoms with Crippen LogP contribution in [-0.4, -0.2) is 5.92 Å². The molecule has 2 aliphatic rings. The monoisotopic (exact) mass is 345 g/mol. The van der Waals surface area contributed by atoms with Crippen LogP contribution in [0.3, 0.4) is 0 Å². The van der Waals surface area contributed by atoms with Crippen LogP contribution >= 0.6 is 0 Å². The van der Waals surface area contributed by atoms with Gasteiger partial charge in [0.25, 0.3) is 5.92 Å². The summed E-state index contributed by atoms with van der Waals surface area (Å²) in [5.41, 5.74) is 1.22. The van der Waals surface area contributed by atoms with Gasteiger partial charge in [0.2, 0.25) is 0 Å². The first kappa shape index (κ1) is 18.4. The molecule has 0 radical (unpaired) electrons. The van der Waals surface area contributed by atoms with Crippen molar-refractivity contribution < 1.29 is 8.78 Å². The van der Waals surface area contributed by atoms with E-state index in [9.17, 15) is 8.78 Å². The minimum atomic E-state index is -2.63. The summed E-state index contributed by atoms with van der Waals surface area (Å²) in [5.74, 6) is -1.80. The highest BCUT2D eigenvalue weighted by Crippen LogP contribution is 2.51. The van der Waals surface area contributed by atoms with Crippen LogP contribution in [0.15, 0.2) is 24.3 Å². The van der Waals surface area contributed by atoms with E-state index < -0.39 is 11.8 Å². The zero-order valence-electron chi connectivity index (χ0n) is 15.2. The molecule has 0 aromatic heterocycles. The average Bonchev–Trinajstić information content (AvgIpc) is 2.62. The second kappa shape index (κ2) is 7.85. The standard InChI is InChI=1S/C22H29F2N/c1-2-3-16-4-8-18(9-5-16)20-12-13-21(22(23,24)14-20)19-10-6-17(15-25)7-11-19/h6-7,10-11,16,18,20-21H,2-5,8-9,12-14H2,1H3/t16?,18?,20-,21+/m0/s1. The van der Waals surface area contributed by atoms with Crippen molar-refractivity contribution in [2.75, 3.05) is 0 Å². The molecule has 2 aliphatic carbocycles. The van der Waals surface area contributed by atoms with Crippen molar-refractivity contribution in [2.24, 2.45) is 17.8 Å². The van der Waals surface area contributed by atoms with Gasteiger partial charge >= 0.3 is 0 Å². The largest absolute Gasteiger partial charge is 0.255 e. The van der Waals surface area contributed by atoms with Crippen molar-refractivity contribution in [3.05, 3.63) is 35.4 Å². The van der Waals surface area contributed by atoms with E-state index in [1.54, 1.807) is 24.3 Å². The van der Waals surface area contributed by atoms with Crippen LogP contribution in [0.25, 0.3) is 0 Å². The fraction of sp³-hybridized carbons (Fsp3) is 0.682. The molecule has 0 spiro atoms. The lowest BCUT2D eigenvalue weighted by Gasteiger charge is -2.41. The number of nitrogens with zero attached hydrogens (tertiary/aromatic N) is 1. The molecule has 3 heteroatoms. The Balaban J connectivity index is 1.61. The van der Waals surface area contributed by atoms with E-state index >= 15 is 0 Å². The number of nitriles is 1. The molecule has 3 rings (SSSR count). The van der Waals surface area contributed by atoms with Crippen molar-refractivity contribution >= 4 is 0 Å². The summed E-state index contributed by atoms with van der Waals surface area (Å²) in [5, 5.41) is 8.87. The molecule has 2 saturated carbocycles. The Morgan fingerprint density at radius 3 is 2.20 bits per heavy atom. The van der Waals surface area contributed by atoms with E-state index in [4.69, 9.17) is 5.26 Å². The number of rotatable bonds is 4. The van der Waals surface area contributed by atoms with Gasteiger partial charge in [-0.05, 0) is 61.1 Å². The van der Waals surface area contributed by atoms with Gasteiger partial charge < -0.3 is 0 Å². The van der Waals surface area contributed by atoms with Gasteiger partial charge in [0.15, 0.2) is 0 Å². The third kappa shape index (κ3) is 4.22. The number of benzene rings is 1. The highest BCUT2D eigenvalue weighted by atomic mass is 19.3. The molecule has 0 aliphatic heterocycles. The van der Waals surface area contributed by atoms with Gasteiger partial charge in [0.05, 0.1) is 11.6 Å². The zero-order valence-corrected chi connectivity index (χ0v) is 15.2. The Labute approximate surface area is 150 Å². The zero-order chi connectivity index (χ0) is 17.9. The van der Waals surface area contributed by atoms with Crippen LogP contribution in [0.4, 0.5) is 8.78 Å². The first-order chi connectivity index (χ1) is 12.0. The smallest absolute Gasteiger partial charge is 0.206 e. The van der Waals surface area contributed by atoms with Crippen molar-refractivity contribution in [1.29, 1.82) is 5.26 Å².